The summed E-state index contributed by atoms with van der Waals surface area (Å²) in [6.07, 6.45) is 82.0. The van der Waals surface area contributed by atoms with Gasteiger partial charge in [-0.1, -0.05) is 393 Å². The largest absolute Gasteiger partial charge is 0.462 e. The normalized spacial score (nSPS) is 11.9. The van der Waals surface area contributed by atoms with Crippen LogP contribution in [0.2, 0.25) is 0 Å². The molecule has 0 aromatic heterocycles. The number of hydrogen-bond acceptors (Lipinski definition) is 6. The maximum absolute atomic E-state index is 12.9. The fourth-order valence-corrected chi connectivity index (χ4v) is 11.6. The van der Waals surface area contributed by atoms with Crippen LogP contribution >= 0.6 is 0 Å². The van der Waals surface area contributed by atoms with Gasteiger partial charge in [0.2, 0.25) is 0 Å². The summed E-state index contributed by atoms with van der Waals surface area (Å²) in [5, 5.41) is 0. The molecule has 0 radical (unpaired) electrons. The van der Waals surface area contributed by atoms with Crippen LogP contribution in [0.25, 0.3) is 0 Å². The van der Waals surface area contributed by atoms with E-state index in [-0.39, 0.29) is 31.1 Å². The maximum Gasteiger partial charge on any atom is 0.306 e. The van der Waals surface area contributed by atoms with Crippen LogP contribution in [0.1, 0.15) is 432 Å². The van der Waals surface area contributed by atoms with E-state index in [9.17, 15) is 14.4 Å². The predicted molar refractivity (Wildman–Crippen MR) is 344 cm³/mol. The van der Waals surface area contributed by atoms with Crippen molar-refractivity contribution in [3.05, 3.63) is 0 Å². The molecule has 6 heteroatoms. The van der Waals surface area contributed by atoms with Crippen molar-refractivity contribution in [2.45, 2.75) is 438 Å². The fourth-order valence-electron chi connectivity index (χ4n) is 11.6. The van der Waals surface area contributed by atoms with Crippen LogP contribution < -0.4 is 0 Å². The highest BCUT2D eigenvalue weighted by Crippen LogP contribution is 2.20. The third kappa shape index (κ3) is 67.1. The molecule has 0 spiro atoms. The zero-order chi connectivity index (χ0) is 57.1. The van der Waals surface area contributed by atoms with E-state index in [0.717, 1.165) is 57.8 Å². The summed E-state index contributed by atoms with van der Waals surface area (Å²) in [7, 11) is 0. The molecule has 0 rings (SSSR count). The smallest absolute Gasteiger partial charge is 0.306 e. The highest BCUT2D eigenvalue weighted by atomic mass is 16.6. The lowest BCUT2D eigenvalue weighted by molar-refractivity contribution is -0.167. The molecule has 0 aliphatic carbocycles. The van der Waals surface area contributed by atoms with E-state index < -0.39 is 6.10 Å². The van der Waals surface area contributed by atoms with E-state index in [1.54, 1.807) is 0 Å². The molecule has 0 N–H and O–H groups in total. The number of ether oxygens (including phenoxy) is 3. The second-order valence-electron chi connectivity index (χ2n) is 25.2. The van der Waals surface area contributed by atoms with Gasteiger partial charge < -0.3 is 14.2 Å². The second-order valence-corrected chi connectivity index (χ2v) is 25.2. The van der Waals surface area contributed by atoms with E-state index in [1.807, 2.05) is 0 Å². The van der Waals surface area contributed by atoms with Gasteiger partial charge >= 0.3 is 17.9 Å². The summed E-state index contributed by atoms with van der Waals surface area (Å²) in [5.41, 5.74) is 0. The molecule has 1 unspecified atom stereocenters. The van der Waals surface area contributed by atoms with Gasteiger partial charge in [0.05, 0.1) is 0 Å². The molecular weight excluding hydrogens is 973 g/mol. The van der Waals surface area contributed by atoms with Crippen molar-refractivity contribution in [2.75, 3.05) is 13.2 Å². The average Bonchev–Trinajstić information content (AvgIpc) is 3.45. The number of rotatable bonds is 69. The van der Waals surface area contributed by atoms with Gasteiger partial charge in [0.25, 0.3) is 0 Å². The molecule has 0 fully saturated rings. The number of carbonyl (C=O) groups excluding carboxylic acids is 3. The topological polar surface area (TPSA) is 78.9 Å². The first-order valence-electron chi connectivity index (χ1n) is 36.5. The van der Waals surface area contributed by atoms with Gasteiger partial charge in [-0.2, -0.15) is 0 Å². The van der Waals surface area contributed by atoms with Gasteiger partial charge in [0.1, 0.15) is 13.2 Å². The summed E-state index contributed by atoms with van der Waals surface area (Å²) in [6.45, 7) is 6.67. The molecule has 0 heterocycles. The number of carbonyl (C=O) groups is 3. The minimum Gasteiger partial charge on any atom is -0.462 e. The molecule has 0 amide bonds. The van der Waals surface area contributed by atoms with Crippen LogP contribution in [0.5, 0.6) is 0 Å². The summed E-state index contributed by atoms with van der Waals surface area (Å²) < 4.78 is 16.9. The summed E-state index contributed by atoms with van der Waals surface area (Å²) >= 11 is 0. The van der Waals surface area contributed by atoms with E-state index in [4.69, 9.17) is 14.2 Å². The van der Waals surface area contributed by atoms with Crippen molar-refractivity contribution in [1.82, 2.24) is 0 Å². The Morgan fingerprint density at radius 3 is 0.506 bits per heavy atom. The molecule has 0 saturated heterocycles. The standard InChI is InChI=1S/C73H142O6/c1-4-7-10-13-16-18-20-22-24-26-28-30-31-32-33-34-35-36-37-38-39-40-41-42-44-45-47-49-51-53-55-57-60-63-66-72(75)78-69-70(68-77-71(74)65-62-59-15-12-9-6-3)79-73(76)67-64-61-58-56-54-52-50-48-46-43-29-27-25-23-21-19-17-14-11-8-5-2/h70H,4-69H2,1-3H3. The molecule has 0 bridgehead atoms. The van der Waals surface area contributed by atoms with E-state index >= 15 is 0 Å². The maximum atomic E-state index is 12.9. The van der Waals surface area contributed by atoms with Crippen molar-refractivity contribution in [3.8, 4) is 0 Å². The summed E-state index contributed by atoms with van der Waals surface area (Å²) in [4.78, 5) is 38.1. The lowest BCUT2D eigenvalue weighted by Crippen LogP contribution is -2.30. The Balaban J connectivity index is 3.87. The van der Waals surface area contributed by atoms with Crippen LogP contribution in [0.3, 0.4) is 0 Å². The van der Waals surface area contributed by atoms with Gasteiger partial charge in [0.15, 0.2) is 6.10 Å². The first-order chi connectivity index (χ1) is 39.0. The van der Waals surface area contributed by atoms with Crippen LogP contribution in [0.4, 0.5) is 0 Å². The Hall–Kier alpha value is -1.59. The second kappa shape index (κ2) is 68.9. The van der Waals surface area contributed by atoms with Crippen molar-refractivity contribution in [1.29, 1.82) is 0 Å². The Bertz CT molecular complexity index is 1190. The van der Waals surface area contributed by atoms with Crippen LogP contribution in [0.15, 0.2) is 0 Å². The zero-order valence-corrected chi connectivity index (χ0v) is 54.2. The first kappa shape index (κ1) is 77.4. The third-order valence-corrected chi connectivity index (χ3v) is 17.1. The quantitative estimate of drug-likeness (QED) is 0.0343. The highest BCUT2D eigenvalue weighted by Gasteiger charge is 2.20. The molecule has 79 heavy (non-hydrogen) atoms. The average molecular weight is 1120 g/mol. The SMILES string of the molecule is CCCCCCCCCCCCCCCCCCCCCCCCCCCCCCCCCCCCC(=O)OCC(COC(=O)CCCCCCCC)OC(=O)CCCCCCCCCCCCCCCCCCCCCCC. The molecular formula is C73H142O6. The predicted octanol–water partition coefficient (Wildman–Crippen LogP) is 25.0. The summed E-state index contributed by atoms with van der Waals surface area (Å²) in [5.74, 6) is -0.837. The van der Waals surface area contributed by atoms with Gasteiger partial charge in [0, 0.05) is 19.3 Å². The zero-order valence-electron chi connectivity index (χ0n) is 54.2. The van der Waals surface area contributed by atoms with Crippen LogP contribution in [-0.2, 0) is 28.6 Å². The lowest BCUT2D eigenvalue weighted by Gasteiger charge is -2.18. The number of unbranched alkanes of at least 4 members (excludes halogenated alkanes) is 58. The van der Waals surface area contributed by atoms with Gasteiger partial charge in [-0.3, -0.25) is 14.4 Å². The Morgan fingerprint density at radius 1 is 0.203 bits per heavy atom. The van der Waals surface area contributed by atoms with Crippen LogP contribution in [0, 0.1) is 0 Å². The van der Waals surface area contributed by atoms with Crippen molar-refractivity contribution < 1.29 is 28.6 Å². The van der Waals surface area contributed by atoms with Crippen LogP contribution in [-0.4, -0.2) is 37.2 Å². The minimum absolute atomic E-state index is 0.0617. The van der Waals surface area contributed by atoms with Crippen molar-refractivity contribution >= 4 is 17.9 Å². The van der Waals surface area contributed by atoms with Crippen molar-refractivity contribution in [2.24, 2.45) is 0 Å². The van der Waals surface area contributed by atoms with E-state index in [1.165, 1.54) is 334 Å². The first-order valence-corrected chi connectivity index (χ1v) is 36.5. The molecule has 6 nitrogen and oxygen atoms in total. The Morgan fingerprint density at radius 2 is 0.342 bits per heavy atom. The molecule has 0 saturated carbocycles. The lowest BCUT2D eigenvalue weighted by atomic mass is 10.0. The van der Waals surface area contributed by atoms with E-state index in [0.29, 0.717) is 19.3 Å². The summed E-state index contributed by atoms with van der Waals surface area (Å²) in [6, 6.07) is 0. The minimum atomic E-state index is -0.761. The Labute approximate surface area is 495 Å². The monoisotopic (exact) mass is 1120 g/mol. The highest BCUT2D eigenvalue weighted by molar-refractivity contribution is 5.71. The molecule has 1 atom stereocenters. The molecule has 0 aliphatic rings. The van der Waals surface area contributed by atoms with Gasteiger partial charge in [-0.25, -0.2) is 0 Å². The number of esters is 3. The van der Waals surface area contributed by atoms with Crippen molar-refractivity contribution in [3.63, 3.8) is 0 Å². The van der Waals surface area contributed by atoms with Gasteiger partial charge in [-0.15, -0.1) is 0 Å². The molecule has 0 aliphatic heterocycles. The molecule has 0 aromatic carbocycles. The molecule has 470 valence electrons. The fraction of sp³-hybridized carbons (Fsp3) is 0.959. The Kier molecular flexibility index (Phi) is 67.5. The molecule has 0 aromatic rings. The van der Waals surface area contributed by atoms with Gasteiger partial charge in [-0.05, 0) is 19.3 Å². The third-order valence-electron chi connectivity index (χ3n) is 17.1. The number of hydrogen-bond donors (Lipinski definition) is 0. The van der Waals surface area contributed by atoms with E-state index in [2.05, 4.69) is 20.8 Å².